The van der Waals surface area contributed by atoms with Gasteiger partial charge in [0.15, 0.2) is 0 Å². The number of rotatable bonds is 5. The molecule has 0 radical (unpaired) electrons. The van der Waals surface area contributed by atoms with E-state index in [1.165, 1.54) is 47.4 Å². The SMILES string of the molecule is CCOC(=O)c1sc(SC)c(C#N)c1-c1ccc([N+](=O)[O-])cc1. The third-order valence-corrected chi connectivity index (χ3v) is 5.29. The minimum Gasteiger partial charge on any atom is -0.462 e. The molecule has 0 fully saturated rings. The van der Waals surface area contributed by atoms with Crippen molar-refractivity contribution in [2.45, 2.75) is 11.1 Å². The number of thioether (sulfide) groups is 1. The van der Waals surface area contributed by atoms with Crippen molar-refractivity contribution in [2.75, 3.05) is 12.9 Å². The summed E-state index contributed by atoms with van der Waals surface area (Å²) in [6.45, 7) is 1.94. The number of thiophene rings is 1. The van der Waals surface area contributed by atoms with E-state index in [2.05, 4.69) is 6.07 Å². The number of esters is 1. The summed E-state index contributed by atoms with van der Waals surface area (Å²) in [6.07, 6.45) is 1.82. The molecular formula is C15H12N2O4S2. The van der Waals surface area contributed by atoms with E-state index in [0.29, 0.717) is 25.8 Å². The molecule has 0 aliphatic carbocycles. The van der Waals surface area contributed by atoms with E-state index < -0.39 is 10.9 Å². The van der Waals surface area contributed by atoms with Crippen LogP contribution in [0.5, 0.6) is 0 Å². The van der Waals surface area contributed by atoms with Gasteiger partial charge >= 0.3 is 5.97 Å². The van der Waals surface area contributed by atoms with Crippen molar-refractivity contribution in [1.29, 1.82) is 5.26 Å². The average Bonchev–Trinajstić information content (AvgIpc) is 2.93. The number of hydrogen-bond donors (Lipinski definition) is 0. The number of hydrogen-bond acceptors (Lipinski definition) is 7. The Morgan fingerprint density at radius 1 is 1.43 bits per heavy atom. The van der Waals surface area contributed by atoms with Crippen LogP contribution in [0.25, 0.3) is 11.1 Å². The predicted octanol–water partition coefficient (Wildman–Crippen LogP) is 4.09. The largest absolute Gasteiger partial charge is 0.462 e. The maximum Gasteiger partial charge on any atom is 0.349 e. The van der Waals surface area contributed by atoms with Crippen LogP contribution in [0.1, 0.15) is 22.2 Å². The van der Waals surface area contributed by atoms with E-state index >= 15 is 0 Å². The van der Waals surface area contributed by atoms with Crippen LogP contribution in [0, 0.1) is 21.4 Å². The number of nitro benzene ring substituents is 1. The summed E-state index contributed by atoms with van der Waals surface area (Å²) >= 11 is 2.57. The van der Waals surface area contributed by atoms with Crippen LogP contribution in [0.3, 0.4) is 0 Å². The number of carbonyl (C=O) groups excluding carboxylic acids is 1. The van der Waals surface area contributed by atoms with Gasteiger partial charge in [-0.3, -0.25) is 10.1 Å². The molecular weight excluding hydrogens is 336 g/mol. The summed E-state index contributed by atoms with van der Waals surface area (Å²) < 4.78 is 5.77. The van der Waals surface area contributed by atoms with Crippen LogP contribution in [-0.4, -0.2) is 23.8 Å². The second kappa shape index (κ2) is 7.26. The van der Waals surface area contributed by atoms with Gasteiger partial charge in [-0.25, -0.2) is 4.79 Å². The van der Waals surface area contributed by atoms with E-state index in [4.69, 9.17) is 4.74 Å². The number of benzene rings is 1. The van der Waals surface area contributed by atoms with Gasteiger partial charge in [-0.15, -0.1) is 23.1 Å². The van der Waals surface area contributed by atoms with Gasteiger partial charge in [0, 0.05) is 17.7 Å². The normalized spacial score (nSPS) is 10.1. The van der Waals surface area contributed by atoms with Crippen LogP contribution >= 0.6 is 23.1 Å². The minimum atomic E-state index is -0.498. The summed E-state index contributed by atoms with van der Waals surface area (Å²) in [5.41, 5.74) is 1.38. The van der Waals surface area contributed by atoms with Crippen molar-refractivity contribution in [3.05, 3.63) is 44.8 Å². The van der Waals surface area contributed by atoms with Gasteiger partial charge in [0.25, 0.3) is 5.69 Å². The van der Waals surface area contributed by atoms with Gasteiger partial charge in [0.05, 0.1) is 21.3 Å². The van der Waals surface area contributed by atoms with E-state index in [1.807, 2.05) is 6.26 Å². The monoisotopic (exact) mass is 348 g/mol. The van der Waals surface area contributed by atoms with E-state index in [9.17, 15) is 20.2 Å². The third kappa shape index (κ3) is 3.36. The molecule has 23 heavy (non-hydrogen) atoms. The van der Waals surface area contributed by atoms with Crippen molar-refractivity contribution in [1.82, 2.24) is 0 Å². The molecule has 2 rings (SSSR count). The van der Waals surface area contributed by atoms with Gasteiger partial charge in [-0.2, -0.15) is 5.26 Å². The number of nitro groups is 1. The van der Waals surface area contributed by atoms with Crippen molar-refractivity contribution >= 4 is 34.8 Å². The fraction of sp³-hybridized carbons (Fsp3) is 0.200. The Balaban J connectivity index is 2.63. The molecule has 0 atom stereocenters. The number of ether oxygens (including phenoxy) is 1. The van der Waals surface area contributed by atoms with Crippen LogP contribution < -0.4 is 0 Å². The Bertz CT molecular complexity index is 791. The highest BCUT2D eigenvalue weighted by atomic mass is 32.2. The van der Waals surface area contributed by atoms with Crippen LogP contribution in [0.4, 0.5) is 5.69 Å². The Kier molecular flexibility index (Phi) is 5.36. The van der Waals surface area contributed by atoms with E-state index in [-0.39, 0.29) is 12.3 Å². The summed E-state index contributed by atoms with van der Waals surface area (Å²) in [6, 6.07) is 7.89. The number of nitrogens with zero attached hydrogens (tertiary/aromatic N) is 2. The first-order valence-electron chi connectivity index (χ1n) is 6.56. The van der Waals surface area contributed by atoms with Gasteiger partial charge < -0.3 is 4.74 Å². The molecule has 6 nitrogen and oxygen atoms in total. The summed E-state index contributed by atoms with van der Waals surface area (Å²) in [5.74, 6) is -0.498. The number of nitriles is 1. The first-order chi connectivity index (χ1) is 11.0. The fourth-order valence-corrected chi connectivity index (χ4v) is 3.86. The minimum absolute atomic E-state index is 0.0507. The molecule has 0 spiro atoms. The molecule has 0 saturated carbocycles. The first kappa shape index (κ1) is 17.0. The molecule has 8 heteroatoms. The highest BCUT2D eigenvalue weighted by molar-refractivity contribution is 8.00. The summed E-state index contributed by atoms with van der Waals surface area (Å²) in [7, 11) is 0. The Morgan fingerprint density at radius 3 is 2.57 bits per heavy atom. The van der Waals surface area contributed by atoms with Crippen LogP contribution in [0.2, 0.25) is 0 Å². The standard InChI is InChI=1S/C15H12N2O4S2/c1-3-21-14(18)13-12(11(8-16)15(22-2)23-13)9-4-6-10(7-5-9)17(19)20/h4-7H,3H2,1-2H3. The molecule has 0 saturated heterocycles. The lowest BCUT2D eigenvalue weighted by molar-refractivity contribution is -0.384. The van der Waals surface area contributed by atoms with E-state index in [0.717, 1.165) is 0 Å². The van der Waals surface area contributed by atoms with Gasteiger partial charge in [0.2, 0.25) is 0 Å². The smallest absolute Gasteiger partial charge is 0.349 e. The Labute approximate surface area is 140 Å². The Hall–Kier alpha value is -2.37. The fourth-order valence-electron chi connectivity index (χ4n) is 2.02. The maximum atomic E-state index is 12.2. The Morgan fingerprint density at radius 2 is 2.09 bits per heavy atom. The second-order valence-corrected chi connectivity index (χ2v) is 6.40. The second-order valence-electron chi connectivity index (χ2n) is 4.31. The zero-order valence-electron chi connectivity index (χ0n) is 12.4. The van der Waals surface area contributed by atoms with Crippen molar-refractivity contribution < 1.29 is 14.5 Å². The quantitative estimate of drug-likeness (QED) is 0.349. The molecule has 2 aromatic rings. The highest BCUT2D eigenvalue weighted by Gasteiger charge is 2.25. The molecule has 0 unspecified atom stereocenters. The maximum absolute atomic E-state index is 12.2. The predicted molar refractivity (Wildman–Crippen MR) is 88.9 cm³/mol. The van der Waals surface area contributed by atoms with Crippen LogP contribution in [-0.2, 0) is 4.74 Å². The highest BCUT2D eigenvalue weighted by Crippen LogP contribution is 2.41. The van der Waals surface area contributed by atoms with Crippen molar-refractivity contribution in [3.8, 4) is 17.2 Å². The van der Waals surface area contributed by atoms with Crippen molar-refractivity contribution in [2.24, 2.45) is 0 Å². The molecule has 0 amide bonds. The molecule has 1 aromatic heterocycles. The lowest BCUT2D eigenvalue weighted by Gasteiger charge is -2.04. The van der Waals surface area contributed by atoms with E-state index in [1.54, 1.807) is 6.92 Å². The molecule has 1 aromatic carbocycles. The van der Waals surface area contributed by atoms with Gasteiger partial charge in [-0.1, -0.05) is 0 Å². The van der Waals surface area contributed by atoms with Crippen molar-refractivity contribution in [3.63, 3.8) is 0 Å². The zero-order valence-corrected chi connectivity index (χ0v) is 14.0. The van der Waals surface area contributed by atoms with Crippen LogP contribution in [0.15, 0.2) is 28.5 Å². The molecule has 0 aliphatic heterocycles. The lowest BCUT2D eigenvalue weighted by atomic mass is 10.0. The molecule has 0 bridgehead atoms. The lowest BCUT2D eigenvalue weighted by Crippen LogP contribution is -2.04. The third-order valence-electron chi connectivity index (χ3n) is 3.00. The molecule has 118 valence electrons. The zero-order chi connectivity index (χ0) is 17.0. The topological polar surface area (TPSA) is 93.2 Å². The molecule has 0 aliphatic rings. The van der Waals surface area contributed by atoms with Gasteiger partial charge in [-0.05, 0) is 30.9 Å². The number of non-ortho nitro benzene ring substituents is 1. The number of carbonyl (C=O) groups is 1. The summed E-state index contributed by atoms with van der Waals surface area (Å²) in [5, 5.41) is 20.2. The summed E-state index contributed by atoms with van der Waals surface area (Å²) in [4.78, 5) is 22.8. The average molecular weight is 348 g/mol. The molecule has 1 heterocycles. The molecule has 0 N–H and O–H groups in total. The first-order valence-corrected chi connectivity index (χ1v) is 8.60. The van der Waals surface area contributed by atoms with Gasteiger partial charge in [0.1, 0.15) is 10.9 Å².